The summed E-state index contributed by atoms with van der Waals surface area (Å²) in [4.78, 5) is 12.5. The third-order valence-corrected chi connectivity index (χ3v) is 6.40. The normalized spacial score (nSPS) is 57.8. The van der Waals surface area contributed by atoms with E-state index in [0.29, 0.717) is 12.8 Å². The van der Waals surface area contributed by atoms with Gasteiger partial charge in [-0.05, 0) is 31.1 Å². The summed E-state index contributed by atoms with van der Waals surface area (Å²) in [6.07, 6.45) is 2.99. The summed E-state index contributed by atoms with van der Waals surface area (Å²) >= 11 is 0. The minimum absolute atomic E-state index is 0.0152. The number of hydrogen-bond acceptors (Lipinski definition) is 3. The first-order valence-electron chi connectivity index (χ1n) is 7.06. The van der Waals surface area contributed by atoms with E-state index >= 15 is 0 Å². The molecule has 3 aliphatic carbocycles. The molecule has 3 nitrogen and oxygen atoms in total. The highest BCUT2D eigenvalue weighted by atomic mass is 16.3. The SMILES string of the molecule is C[C@H]1C(=O)[C@]2(O)CC(C)(C)C[C@@H]2[C@@]2(C)CC[C@@]12O. The first-order valence-corrected chi connectivity index (χ1v) is 7.06. The van der Waals surface area contributed by atoms with E-state index in [1.807, 2.05) is 0 Å². The number of carbonyl (C=O) groups is 1. The lowest BCUT2D eigenvalue weighted by atomic mass is 9.41. The van der Waals surface area contributed by atoms with Crippen LogP contribution < -0.4 is 0 Å². The van der Waals surface area contributed by atoms with E-state index in [1.54, 1.807) is 6.92 Å². The largest absolute Gasteiger partial charge is 0.389 e. The van der Waals surface area contributed by atoms with Crippen molar-refractivity contribution in [1.29, 1.82) is 0 Å². The summed E-state index contributed by atoms with van der Waals surface area (Å²) in [5.74, 6) is -0.647. The van der Waals surface area contributed by atoms with E-state index < -0.39 is 17.1 Å². The third kappa shape index (κ3) is 1.11. The van der Waals surface area contributed by atoms with Crippen molar-refractivity contribution in [3.8, 4) is 0 Å². The second-order valence-corrected chi connectivity index (χ2v) is 7.95. The monoisotopic (exact) mass is 252 g/mol. The van der Waals surface area contributed by atoms with Gasteiger partial charge in [0.05, 0.1) is 5.60 Å². The van der Waals surface area contributed by atoms with Gasteiger partial charge in [-0.2, -0.15) is 0 Å². The van der Waals surface area contributed by atoms with Gasteiger partial charge in [-0.1, -0.05) is 27.7 Å². The zero-order chi connectivity index (χ0) is 13.6. The van der Waals surface area contributed by atoms with E-state index in [2.05, 4.69) is 20.8 Å². The molecule has 0 aromatic carbocycles. The van der Waals surface area contributed by atoms with E-state index in [-0.39, 0.29) is 22.5 Å². The Morgan fingerprint density at radius 1 is 1.17 bits per heavy atom. The summed E-state index contributed by atoms with van der Waals surface area (Å²) in [6, 6.07) is 0. The van der Waals surface area contributed by atoms with Crippen LogP contribution in [0.5, 0.6) is 0 Å². The van der Waals surface area contributed by atoms with E-state index in [4.69, 9.17) is 0 Å². The van der Waals surface area contributed by atoms with Crippen LogP contribution in [0, 0.1) is 22.7 Å². The molecule has 5 atom stereocenters. The van der Waals surface area contributed by atoms with Crippen molar-refractivity contribution in [2.75, 3.05) is 0 Å². The summed E-state index contributed by atoms with van der Waals surface area (Å²) in [6.45, 7) is 8.08. The highest BCUT2D eigenvalue weighted by molar-refractivity contribution is 5.92. The second-order valence-electron chi connectivity index (χ2n) is 7.95. The number of Topliss-reactive ketones (excluding diaryl/α,β-unsaturated/α-hetero) is 1. The first kappa shape index (κ1) is 12.6. The van der Waals surface area contributed by atoms with Crippen molar-refractivity contribution in [2.24, 2.45) is 22.7 Å². The van der Waals surface area contributed by atoms with E-state index in [9.17, 15) is 15.0 Å². The van der Waals surface area contributed by atoms with Gasteiger partial charge in [-0.3, -0.25) is 4.79 Å². The quantitative estimate of drug-likeness (QED) is 0.692. The number of carbonyl (C=O) groups excluding carboxylic acids is 1. The number of ketones is 1. The highest BCUT2D eigenvalue weighted by Gasteiger charge is 2.75. The van der Waals surface area contributed by atoms with Crippen LogP contribution >= 0.6 is 0 Å². The number of rotatable bonds is 0. The van der Waals surface area contributed by atoms with Gasteiger partial charge in [-0.15, -0.1) is 0 Å². The fourth-order valence-corrected chi connectivity index (χ4v) is 5.21. The molecule has 3 rings (SSSR count). The maximum absolute atomic E-state index is 12.5. The molecule has 0 aliphatic heterocycles. The van der Waals surface area contributed by atoms with Gasteiger partial charge in [-0.25, -0.2) is 0 Å². The molecule has 3 heteroatoms. The van der Waals surface area contributed by atoms with Crippen molar-refractivity contribution in [1.82, 2.24) is 0 Å². The molecule has 0 spiro atoms. The molecule has 102 valence electrons. The lowest BCUT2D eigenvalue weighted by Gasteiger charge is -2.65. The molecule has 0 radical (unpaired) electrons. The van der Waals surface area contributed by atoms with Gasteiger partial charge in [0.25, 0.3) is 0 Å². The summed E-state index contributed by atoms with van der Waals surface area (Å²) < 4.78 is 0. The molecule has 0 unspecified atom stereocenters. The van der Waals surface area contributed by atoms with Crippen LogP contribution in [0.1, 0.15) is 53.4 Å². The smallest absolute Gasteiger partial charge is 0.170 e. The van der Waals surface area contributed by atoms with Crippen molar-refractivity contribution in [3.63, 3.8) is 0 Å². The van der Waals surface area contributed by atoms with Gasteiger partial charge in [0.1, 0.15) is 5.60 Å². The van der Waals surface area contributed by atoms with E-state index in [1.165, 1.54) is 0 Å². The van der Waals surface area contributed by atoms with Crippen LogP contribution in [0.3, 0.4) is 0 Å². The zero-order valence-electron chi connectivity index (χ0n) is 11.8. The first-order chi connectivity index (χ1) is 8.07. The van der Waals surface area contributed by atoms with Crippen LogP contribution in [0.2, 0.25) is 0 Å². The lowest BCUT2D eigenvalue weighted by molar-refractivity contribution is -0.261. The van der Waals surface area contributed by atoms with Crippen LogP contribution in [-0.4, -0.2) is 27.2 Å². The topological polar surface area (TPSA) is 57.5 Å². The molecular weight excluding hydrogens is 228 g/mol. The molecule has 0 saturated heterocycles. The van der Waals surface area contributed by atoms with Crippen LogP contribution in [0.25, 0.3) is 0 Å². The van der Waals surface area contributed by atoms with Crippen molar-refractivity contribution in [3.05, 3.63) is 0 Å². The molecular formula is C15H24O3. The molecule has 0 aromatic heterocycles. The Morgan fingerprint density at radius 2 is 1.78 bits per heavy atom. The Kier molecular flexibility index (Phi) is 2.11. The minimum Gasteiger partial charge on any atom is -0.389 e. The molecule has 3 aliphatic rings. The minimum atomic E-state index is -1.20. The van der Waals surface area contributed by atoms with Gasteiger partial charge in [0, 0.05) is 17.3 Å². The van der Waals surface area contributed by atoms with Crippen molar-refractivity contribution < 1.29 is 15.0 Å². The Balaban J connectivity index is 2.12. The summed E-state index contributed by atoms with van der Waals surface area (Å²) in [7, 11) is 0. The van der Waals surface area contributed by atoms with E-state index in [0.717, 1.165) is 12.8 Å². The molecule has 18 heavy (non-hydrogen) atoms. The van der Waals surface area contributed by atoms with Crippen LogP contribution in [0.4, 0.5) is 0 Å². The zero-order valence-corrected chi connectivity index (χ0v) is 11.8. The van der Waals surface area contributed by atoms with Gasteiger partial charge in [0.2, 0.25) is 0 Å². The Hall–Kier alpha value is -0.410. The second kappa shape index (κ2) is 3.01. The fraction of sp³-hybridized carbons (Fsp3) is 0.933. The maximum atomic E-state index is 12.5. The maximum Gasteiger partial charge on any atom is 0.170 e. The summed E-state index contributed by atoms with van der Waals surface area (Å²) in [5, 5.41) is 21.8. The third-order valence-electron chi connectivity index (χ3n) is 6.40. The van der Waals surface area contributed by atoms with Crippen molar-refractivity contribution >= 4 is 5.78 Å². The molecule has 2 N–H and O–H groups in total. The Bertz CT molecular complexity index is 429. The number of aliphatic hydroxyl groups is 2. The molecule has 0 aromatic rings. The predicted molar refractivity (Wildman–Crippen MR) is 67.9 cm³/mol. The number of hydrogen-bond donors (Lipinski definition) is 2. The van der Waals surface area contributed by atoms with Crippen LogP contribution in [0.15, 0.2) is 0 Å². The summed E-state index contributed by atoms with van der Waals surface area (Å²) in [5.41, 5.74) is -2.40. The molecule has 0 heterocycles. The number of fused-ring (bicyclic) bond motifs is 3. The lowest BCUT2D eigenvalue weighted by Crippen LogP contribution is -2.74. The molecule has 0 amide bonds. The van der Waals surface area contributed by atoms with Crippen molar-refractivity contribution in [2.45, 2.75) is 64.6 Å². The highest BCUT2D eigenvalue weighted by Crippen LogP contribution is 2.69. The standard InChI is InChI=1S/C15H24O3/c1-9-11(16)14(17)8-12(2,3)7-10(14)13(4)5-6-15(9,13)18/h9-10,17-18H,5-8H2,1-4H3/t9-,10+,13+,14-,15+/m0/s1. The Morgan fingerprint density at radius 3 is 2.28 bits per heavy atom. The molecule has 3 fully saturated rings. The van der Waals surface area contributed by atoms with Crippen LogP contribution in [-0.2, 0) is 4.79 Å². The predicted octanol–water partition coefficient (Wildman–Crippen LogP) is 1.90. The Labute approximate surface area is 109 Å². The molecule has 0 bridgehead atoms. The molecule has 3 saturated carbocycles. The van der Waals surface area contributed by atoms with Gasteiger partial charge >= 0.3 is 0 Å². The average Bonchev–Trinajstić information content (AvgIpc) is 2.54. The fourth-order valence-electron chi connectivity index (χ4n) is 5.21. The van der Waals surface area contributed by atoms with Gasteiger partial charge in [0.15, 0.2) is 5.78 Å². The average molecular weight is 252 g/mol. The van der Waals surface area contributed by atoms with Gasteiger partial charge < -0.3 is 10.2 Å².